The second-order valence-corrected chi connectivity index (χ2v) is 7.14. The second-order valence-electron chi connectivity index (χ2n) is 6.22. The van der Waals surface area contributed by atoms with Crippen molar-refractivity contribution in [1.82, 2.24) is 24.6 Å². The summed E-state index contributed by atoms with van der Waals surface area (Å²) in [5, 5.41) is 8.14. The van der Waals surface area contributed by atoms with Gasteiger partial charge in [-0.1, -0.05) is 28.1 Å². The van der Waals surface area contributed by atoms with Gasteiger partial charge in [-0.05, 0) is 38.1 Å². The Morgan fingerprint density at radius 2 is 1.96 bits per heavy atom. The third-order valence-corrected chi connectivity index (χ3v) is 4.84. The number of hydrogen-bond donors (Lipinski definition) is 0. The van der Waals surface area contributed by atoms with Gasteiger partial charge in [-0.3, -0.25) is 9.78 Å². The summed E-state index contributed by atoms with van der Waals surface area (Å²) in [6, 6.07) is 11.6. The molecule has 26 heavy (non-hydrogen) atoms. The van der Waals surface area contributed by atoms with Gasteiger partial charge in [0, 0.05) is 24.1 Å². The number of aromatic nitrogens is 4. The molecule has 1 aromatic carbocycles. The Hall–Kier alpha value is -2.54. The molecule has 0 unspecified atom stereocenters. The quantitative estimate of drug-likeness (QED) is 0.655. The maximum Gasteiger partial charge on any atom is 0.255 e. The summed E-state index contributed by atoms with van der Waals surface area (Å²) >= 11 is 3.47. The summed E-state index contributed by atoms with van der Waals surface area (Å²) in [6.07, 6.45) is 0. The molecule has 7 heteroatoms. The summed E-state index contributed by atoms with van der Waals surface area (Å²) < 4.78 is 2.87. The first-order valence-electron chi connectivity index (χ1n) is 8.20. The highest BCUT2D eigenvalue weighted by molar-refractivity contribution is 9.10. The SMILES string of the molecule is Cc1nc(-c2cccc(Br)c2)ccc1C(=O)N(C)Cc1nnc(C)n1C. The number of carbonyl (C=O) groups excluding carboxylic acids is 1. The van der Waals surface area contributed by atoms with E-state index in [1.165, 1.54) is 0 Å². The lowest BCUT2D eigenvalue weighted by Gasteiger charge is -2.18. The molecule has 3 aromatic rings. The zero-order valence-corrected chi connectivity index (χ0v) is 16.8. The number of carbonyl (C=O) groups is 1. The van der Waals surface area contributed by atoms with E-state index in [-0.39, 0.29) is 5.91 Å². The van der Waals surface area contributed by atoms with Gasteiger partial charge in [0.25, 0.3) is 5.91 Å². The zero-order valence-electron chi connectivity index (χ0n) is 15.2. The molecule has 0 fully saturated rings. The largest absolute Gasteiger partial charge is 0.334 e. The lowest BCUT2D eigenvalue weighted by Crippen LogP contribution is -2.28. The van der Waals surface area contributed by atoms with E-state index in [2.05, 4.69) is 31.1 Å². The average molecular weight is 414 g/mol. The Morgan fingerprint density at radius 1 is 1.19 bits per heavy atom. The summed E-state index contributed by atoms with van der Waals surface area (Å²) in [4.78, 5) is 19.1. The van der Waals surface area contributed by atoms with E-state index >= 15 is 0 Å². The van der Waals surface area contributed by atoms with Crippen LogP contribution >= 0.6 is 15.9 Å². The topological polar surface area (TPSA) is 63.9 Å². The lowest BCUT2D eigenvalue weighted by molar-refractivity contribution is 0.0779. The Kier molecular flexibility index (Phi) is 5.18. The predicted molar refractivity (Wildman–Crippen MR) is 104 cm³/mol. The number of aryl methyl sites for hydroxylation is 2. The Bertz CT molecular complexity index is 966. The summed E-state index contributed by atoms with van der Waals surface area (Å²) in [5.74, 6) is 1.48. The van der Waals surface area contributed by atoms with Gasteiger partial charge in [-0.15, -0.1) is 10.2 Å². The van der Waals surface area contributed by atoms with Crippen LogP contribution in [0.1, 0.15) is 27.7 Å². The van der Waals surface area contributed by atoms with Gasteiger partial charge in [0.1, 0.15) is 5.82 Å². The minimum absolute atomic E-state index is 0.0866. The van der Waals surface area contributed by atoms with Crippen LogP contribution in [0.4, 0.5) is 0 Å². The monoisotopic (exact) mass is 413 g/mol. The van der Waals surface area contributed by atoms with Crippen LogP contribution in [-0.4, -0.2) is 37.6 Å². The van der Waals surface area contributed by atoms with E-state index in [1.807, 2.05) is 61.9 Å². The fourth-order valence-corrected chi connectivity index (χ4v) is 3.07. The number of benzene rings is 1. The van der Waals surface area contributed by atoms with Gasteiger partial charge >= 0.3 is 0 Å². The maximum atomic E-state index is 12.8. The minimum atomic E-state index is -0.0866. The van der Waals surface area contributed by atoms with E-state index in [0.29, 0.717) is 17.8 Å². The molecule has 0 N–H and O–H groups in total. The van der Waals surface area contributed by atoms with Crippen molar-refractivity contribution >= 4 is 21.8 Å². The molecule has 0 aliphatic carbocycles. The molecule has 0 bridgehead atoms. The van der Waals surface area contributed by atoms with Crippen molar-refractivity contribution < 1.29 is 4.79 Å². The summed E-state index contributed by atoms with van der Waals surface area (Å²) in [6.45, 7) is 4.13. The van der Waals surface area contributed by atoms with Crippen LogP contribution in [0.3, 0.4) is 0 Å². The molecule has 0 saturated heterocycles. The fourth-order valence-electron chi connectivity index (χ4n) is 2.67. The highest BCUT2D eigenvalue weighted by atomic mass is 79.9. The molecule has 2 heterocycles. The molecule has 134 valence electrons. The van der Waals surface area contributed by atoms with Crippen molar-refractivity contribution in [1.29, 1.82) is 0 Å². The van der Waals surface area contributed by atoms with Crippen molar-refractivity contribution in [3.05, 3.63) is 63.8 Å². The molecule has 0 aliphatic rings. The molecule has 0 saturated carbocycles. The summed E-state index contributed by atoms with van der Waals surface area (Å²) in [7, 11) is 3.65. The highest BCUT2D eigenvalue weighted by Gasteiger charge is 2.18. The number of hydrogen-bond acceptors (Lipinski definition) is 4. The van der Waals surface area contributed by atoms with E-state index in [1.54, 1.807) is 11.9 Å². The van der Waals surface area contributed by atoms with Crippen LogP contribution in [0.25, 0.3) is 11.3 Å². The van der Waals surface area contributed by atoms with Gasteiger partial charge in [0.2, 0.25) is 0 Å². The van der Waals surface area contributed by atoms with E-state index in [0.717, 1.165) is 27.4 Å². The Labute approximate surface area is 161 Å². The highest BCUT2D eigenvalue weighted by Crippen LogP contribution is 2.23. The molecule has 3 rings (SSSR count). The Balaban J connectivity index is 1.82. The van der Waals surface area contributed by atoms with Crippen molar-refractivity contribution in [2.24, 2.45) is 7.05 Å². The molecular formula is C19H20BrN5O. The van der Waals surface area contributed by atoms with E-state index in [9.17, 15) is 4.79 Å². The predicted octanol–water partition coefficient (Wildman–Crippen LogP) is 3.53. The zero-order chi connectivity index (χ0) is 18.8. The van der Waals surface area contributed by atoms with Gasteiger partial charge < -0.3 is 9.47 Å². The second kappa shape index (κ2) is 7.37. The third kappa shape index (κ3) is 3.67. The molecule has 6 nitrogen and oxygen atoms in total. The molecule has 0 aliphatic heterocycles. The minimum Gasteiger partial charge on any atom is -0.334 e. The molecule has 0 spiro atoms. The van der Waals surface area contributed by atoms with Crippen LogP contribution in [0.2, 0.25) is 0 Å². The van der Waals surface area contributed by atoms with Gasteiger partial charge in [-0.2, -0.15) is 0 Å². The average Bonchev–Trinajstić information content (AvgIpc) is 2.93. The summed E-state index contributed by atoms with van der Waals surface area (Å²) in [5.41, 5.74) is 3.13. The first-order chi connectivity index (χ1) is 12.4. The molecule has 2 aromatic heterocycles. The molecule has 1 amide bonds. The third-order valence-electron chi connectivity index (χ3n) is 4.34. The number of nitrogens with zero attached hydrogens (tertiary/aromatic N) is 5. The van der Waals surface area contributed by atoms with Gasteiger partial charge in [0.05, 0.1) is 23.5 Å². The van der Waals surface area contributed by atoms with Crippen molar-refractivity contribution in [3.8, 4) is 11.3 Å². The maximum absolute atomic E-state index is 12.8. The van der Waals surface area contributed by atoms with E-state index in [4.69, 9.17) is 0 Å². The fraction of sp³-hybridized carbons (Fsp3) is 0.263. The standard InChI is InChI=1S/C19H20BrN5O/c1-12-16(8-9-17(21-12)14-6-5-7-15(20)10-14)19(26)24(3)11-18-23-22-13(2)25(18)4/h5-10H,11H2,1-4H3. The van der Waals surface area contributed by atoms with Crippen LogP contribution < -0.4 is 0 Å². The molecule has 0 radical (unpaired) electrons. The first-order valence-corrected chi connectivity index (χ1v) is 9.00. The number of halogens is 1. The Morgan fingerprint density at radius 3 is 2.58 bits per heavy atom. The lowest BCUT2D eigenvalue weighted by atomic mass is 10.1. The van der Waals surface area contributed by atoms with E-state index < -0.39 is 0 Å². The first kappa shape index (κ1) is 18.3. The molecule has 0 atom stereocenters. The molecular weight excluding hydrogens is 394 g/mol. The normalized spacial score (nSPS) is 10.8. The van der Waals surface area contributed by atoms with Gasteiger partial charge in [-0.25, -0.2) is 0 Å². The van der Waals surface area contributed by atoms with Crippen molar-refractivity contribution in [2.75, 3.05) is 7.05 Å². The number of pyridine rings is 1. The van der Waals surface area contributed by atoms with Crippen molar-refractivity contribution in [3.63, 3.8) is 0 Å². The van der Waals surface area contributed by atoms with Crippen LogP contribution in [0.5, 0.6) is 0 Å². The van der Waals surface area contributed by atoms with Crippen LogP contribution in [-0.2, 0) is 13.6 Å². The number of rotatable bonds is 4. The van der Waals surface area contributed by atoms with Gasteiger partial charge in [0.15, 0.2) is 5.82 Å². The smallest absolute Gasteiger partial charge is 0.255 e. The van der Waals surface area contributed by atoms with Crippen molar-refractivity contribution in [2.45, 2.75) is 20.4 Å². The van der Waals surface area contributed by atoms with Crippen LogP contribution in [0.15, 0.2) is 40.9 Å². The number of amides is 1. The van der Waals surface area contributed by atoms with Crippen LogP contribution in [0, 0.1) is 13.8 Å².